The maximum Gasteiger partial charge on any atom is 0.397 e. The van der Waals surface area contributed by atoms with Crippen LogP contribution in [-0.2, 0) is 38.1 Å². The van der Waals surface area contributed by atoms with E-state index in [1.54, 1.807) is 12.1 Å². The highest BCUT2D eigenvalue weighted by molar-refractivity contribution is 5.74. The Morgan fingerprint density at radius 2 is 1.68 bits per heavy atom. The smallest absolute Gasteiger partial charge is 0.397 e. The Morgan fingerprint density at radius 1 is 1.00 bits per heavy atom. The number of aromatic nitrogens is 1. The average Bonchev–Trinajstić information content (AvgIpc) is 3.11. The number of carbonyl (C=O) groups is 4. The van der Waals surface area contributed by atoms with Crippen molar-refractivity contribution >= 4 is 34.9 Å². The summed E-state index contributed by atoms with van der Waals surface area (Å²) < 4.78 is 33.1. The number of nitrogens with one attached hydrogen (secondary N) is 1. The van der Waals surface area contributed by atoms with Gasteiger partial charge >= 0.3 is 24.0 Å². The number of benzene rings is 1. The molecule has 1 aliphatic rings. The number of aryl methyl sites for hydroxylation is 1. The van der Waals surface area contributed by atoms with Gasteiger partial charge in [0.2, 0.25) is 12.2 Å². The van der Waals surface area contributed by atoms with Gasteiger partial charge < -0.3 is 33.4 Å². The van der Waals surface area contributed by atoms with Crippen molar-refractivity contribution in [2.75, 3.05) is 6.61 Å². The van der Waals surface area contributed by atoms with Gasteiger partial charge in [0.1, 0.15) is 24.3 Å². The Balaban J connectivity index is 1.98. The van der Waals surface area contributed by atoms with E-state index in [0.29, 0.717) is 11.1 Å². The van der Waals surface area contributed by atoms with Crippen LogP contribution in [0.15, 0.2) is 22.6 Å². The Bertz CT molecular complexity index is 1080. The topological polar surface area (TPSA) is 152 Å². The zero-order valence-electron chi connectivity index (χ0n) is 19.4. The molecule has 0 radical (unpaired) electrons. The maximum absolute atomic E-state index is 12.0. The molecule has 12 heteroatoms. The first kappa shape index (κ1) is 25.0. The average molecular weight is 478 g/mol. The molecular formula is C22H26N2O10. The molecule has 0 saturated carbocycles. The predicted octanol–water partition coefficient (Wildman–Crippen LogP) is 1.17. The molecule has 5 unspecified atom stereocenters. The summed E-state index contributed by atoms with van der Waals surface area (Å²) in [6.45, 7) is 6.31. The minimum Gasteiger partial charge on any atom is -0.463 e. The third kappa shape index (κ3) is 6.22. The molecule has 12 nitrogen and oxygen atoms in total. The maximum atomic E-state index is 12.0. The third-order valence-corrected chi connectivity index (χ3v) is 4.81. The lowest BCUT2D eigenvalue weighted by molar-refractivity contribution is -0.259. The first-order valence-corrected chi connectivity index (χ1v) is 10.5. The monoisotopic (exact) mass is 478 g/mol. The number of ether oxygens (including phenoxy) is 5. The molecule has 2 aromatic rings. The summed E-state index contributed by atoms with van der Waals surface area (Å²) in [5.74, 6) is -2.51. The number of hydrogen-bond acceptors (Lipinski definition) is 11. The van der Waals surface area contributed by atoms with Crippen molar-refractivity contribution in [2.24, 2.45) is 0 Å². The van der Waals surface area contributed by atoms with E-state index < -0.39 is 54.5 Å². The summed E-state index contributed by atoms with van der Waals surface area (Å²) in [4.78, 5) is 51.3. The molecule has 1 aliphatic heterocycles. The molecule has 3 rings (SSSR count). The Kier molecular flexibility index (Phi) is 7.72. The van der Waals surface area contributed by atoms with Crippen molar-refractivity contribution < 1.29 is 47.3 Å². The minimum atomic E-state index is -1.31. The normalized spacial score (nSPS) is 24.2. The van der Waals surface area contributed by atoms with Crippen molar-refractivity contribution in [3.05, 3.63) is 23.8 Å². The van der Waals surface area contributed by atoms with Crippen LogP contribution in [0, 0.1) is 6.92 Å². The van der Waals surface area contributed by atoms with Crippen LogP contribution in [0.4, 0.5) is 0 Å². The van der Waals surface area contributed by atoms with E-state index in [2.05, 4.69) is 10.3 Å². The number of fused-ring (bicyclic) bond motifs is 1. The SMILES string of the molecule is CC(=O)NC1C(Oc2nc3cc(C)ccc3o2)OC(COC(C)=O)C(OC(C)=O)C1OC(C)=O. The van der Waals surface area contributed by atoms with Crippen LogP contribution in [0.5, 0.6) is 6.08 Å². The molecule has 0 bridgehead atoms. The Labute approximate surface area is 194 Å². The van der Waals surface area contributed by atoms with E-state index in [0.717, 1.165) is 19.4 Å². The molecule has 1 N–H and O–H groups in total. The van der Waals surface area contributed by atoms with Gasteiger partial charge in [0, 0.05) is 27.7 Å². The van der Waals surface area contributed by atoms with Gasteiger partial charge in [-0.1, -0.05) is 6.07 Å². The van der Waals surface area contributed by atoms with Crippen molar-refractivity contribution in [3.8, 4) is 6.08 Å². The standard InChI is InChI=1S/C22H26N2O10/c1-10-6-7-16-15(8-10)24-22(33-16)34-21-18(23-11(2)25)20(31-14(5)28)19(30-13(4)27)17(32-21)9-29-12(3)26/h6-8,17-21H,9H2,1-5H3,(H,23,25). The Morgan fingerprint density at radius 3 is 2.29 bits per heavy atom. The molecule has 1 saturated heterocycles. The minimum absolute atomic E-state index is 0.167. The van der Waals surface area contributed by atoms with Crippen LogP contribution >= 0.6 is 0 Å². The fraction of sp³-hybridized carbons (Fsp3) is 0.500. The fourth-order valence-electron chi connectivity index (χ4n) is 3.56. The van der Waals surface area contributed by atoms with E-state index in [4.69, 9.17) is 28.1 Å². The van der Waals surface area contributed by atoms with Gasteiger partial charge in [0.15, 0.2) is 17.8 Å². The lowest BCUT2D eigenvalue weighted by Crippen LogP contribution is -2.67. The number of nitrogens with zero attached hydrogens (tertiary/aromatic N) is 1. The van der Waals surface area contributed by atoms with Gasteiger partial charge in [0.25, 0.3) is 0 Å². The fourth-order valence-corrected chi connectivity index (χ4v) is 3.56. The molecule has 1 aromatic carbocycles. The largest absolute Gasteiger partial charge is 0.463 e. The molecule has 34 heavy (non-hydrogen) atoms. The van der Waals surface area contributed by atoms with Crippen LogP contribution in [0.3, 0.4) is 0 Å². The summed E-state index contributed by atoms with van der Waals surface area (Å²) in [6.07, 6.45) is -5.03. The molecule has 1 aromatic heterocycles. The highest BCUT2D eigenvalue weighted by Crippen LogP contribution is 2.30. The highest BCUT2D eigenvalue weighted by Gasteiger charge is 2.52. The lowest BCUT2D eigenvalue weighted by Gasteiger charge is -2.44. The molecule has 184 valence electrons. The van der Waals surface area contributed by atoms with Crippen LogP contribution < -0.4 is 10.1 Å². The second kappa shape index (κ2) is 10.5. The molecule has 1 amide bonds. The first-order chi connectivity index (χ1) is 16.0. The zero-order chi connectivity index (χ0) is 25.0. The number of esters is 3. The number of carbonyl (C=O) groups excluding carboxylic acids is 4. The van der Waals surface area contributed by atoms with Crippen molar-refractivity contribution in [1.82, 2.24) is 10.3 Å². The molecule has 5 atom stereocenters. The summed E-state index contributed by atoms with van der Waals surface area (Å²) >= 11 is 0. The van der Waals surface area contributed by atoms with E-state index in [-0.39, 0.29) is 12.7 Å². The van der Waals surface area contributed by atoms with E-state index in [9.17, 15) is 19.2 Å². The molecule has 0 aliphatic carbocycles. The second-order valence-electron chi connectivity index (χ2n) is 7.79. The summed E-state index contributed by atoms with van der Waals surface area (Å²) in [5.41, 5.74) is 1.95. The zero-order valence-corrected chi connectivity index (χ0v) is 19.4. The highest BCUT2D eigenvalue weighted by atomic mass is 16.7. The number of amides is 1. The van der Waals surface area contributed by atoms with Crippen LogP contribution in [0.25, 0.3) is 11.1 Å². The Hall–Kier alpha value is -3.67. The van der Waals surface area contributed by atoms with Gasteiger partial charge in [-0.25, -0.2) is 0 Å². The predicted molar refractivity (Wildman–Crippen MR) is 113 cm³/mol. The van der Waals surface area contributed by atoms with Gasteiger partial charge in [-0.05, 0) is 24.6 Å². The molecule has 0 spiro atoms. The molecule has 1 fully saturated rings. The van der Waals surface area contributed by atoms with Gasteiger partial charge in [-0.3, -0.25) is 19.2 Å². The van der Waals surface area contributed by atoms with Crippen LogP contribution in [-0.4, -0.2) is 66.0 Å². The number of hydrogen-bond donors (Lipinski definition) is 1. The molecule has 2 heterocycles. The molecular weight excluding hydrogens is 452 g/mol. The van der Waals surface area contributed by atoms with Gasteiger partial charge in [-0.2, -0.15) is 4.98 Å². The van der Waals surface area contributed by atoms with Crippen LogP contribution in [0.2, 0.25) is 0 Å². The van der Waals surface area contributed by atoms with Crippen LogP contribution in [0.1, 0.15) is 33.3 Å². The second-order valence-corrected chi connectivity index (χ2v) is 7.79. The quantitative estimate of drug-likeness (QED) is 0.451. The number of rotatable bonds is 7. The van der Waals surface area contributed by atoms with Crippen molar-refractivity contribution in [1.29, 1.82) is 0 Å². The van der Waals surface area contributed by atoms with Crippen molar-refractivity contribution in [2.45, 2.75) is 65.3 Å². The third-order valence-electron chi connectivity index (χ3n) is 4.81. The number of oxazole rings is 1. The van der Waals surface area contributed by atoms with Crippen molar-refractivity contribution in [3.63, 3.8) is 0 Å². The first-order valence-electron chi connectivity index (χ1n) is 10.5. The van der Waals surface area contributed by atoms with E-state index >= 15 is 0 Å². The van der Waals surface area contributed by atoms with Gasteiger partial charge in [0.05, 0.1) is 0 Å². The van der Waals surface area contributed by atoms with E-state index in [1.165, 1.54) is 13.8 Å². The summed E-state index contributed by atoms with van der Waals surface area (Å²) in [5, 5.41) is 2.60. The summed E-state index contributed by atoms with van der Waals surface area (Å²) in [6, 6.07) is 4.22. The van der Waals surface area contributed by atoms with E-state index in [1.807, 2.05) is 13.0 Å². The lowest BCUT2D eigenvalue weighted by atomic mass is 9.96. The summed E-state index contributed by atoms with van der Waals surface area (Å²) in [7, 11) is 0. The van der Waals surface area contributed by atoms with Gasteiger partial charge in [-0.15, -0.1) is 0 Å².